The molecule has 2 aromatic heterocycles. The second kappa shape index (κ2) is 8.87. The maximum atomic E-state index is 14.0. The van der Waals surface area contributed by atoms with Crippen molar-refractivity contribution in [3.8, 4) is 5.69 Å². The molecule has 1 saturated heterocycles. The number of nitrogens with zero attached hydrogens (tertiary/aromatic N) is 6. The molecule has 1 amide bonds. The first-order valence-corrected chi connectivity index (χ1v) is 10.3. The van der Waals surface area contributed by atoms with Gasteiger partial charge < -0.3 is 4.90 Å². The quantitative estimate of drug-likeness (QED) is 0.619. The highest BCUT2D eigenvalue weighted by molar-refractivity contribution is 6.30. The molecule has 7 nitrogen and oxygen atoms in total. The highest BCUT2D eigenvalue weighted by Gasteiger charge is 2.33. The number of halogens is 2. The Kier molecular flexibility index (Phi) is 6.03. The van der Waals surface area contributed by atoms with Gasteiger partial charge in [-0.05, 0) is 43.4 Å². The van der Waals surface area contributed by atoms with Crippen molar-refractivity contribution in [1.29, 1.82) is 0 Å². The molecule has 0 unspecified atom stereocenters. The lowest BCUT2D eigenvalue weighted by Crippen LogP contribution is -2.48. The van der Waals surface area contributed by atoms with Gasteiger partial charge >= 0.3 is 0 Å². The first kappa shape index (κ1) is 20.4. The van der Waals surface area contributed by atoms with Gasteiger partial charge in [-0.1, -0.05) is 18.5 Å². The molecule has 3 heterocycles. The Morgan fingerprint density at radius 2 is 1.97 bits per heavy atom. The van der Waals surface area contributed by atoms with Crippen LogP contribution in [0.4, 0.5) is 4.39 Å². The Bertz CT molecular complexity index is 1010. The minimum atomic E-state index is -0.467. The minimum absolute atomic E-state index is 0.00669. The Morgan fingerprint density at radius 3 is 2.70 bits per heavy atom. The average Bonchev–Trinajstić information content (AvgIpc) is 3.28. The largest absolute Gasteiger partial charge is 0.335 e. The fourth-order valence-electron chi connectivity index (χ4n) is 4.04. The van der Waals surface area contributed by atoms with Crippen molar-refractivity contribution in [2.45, 2.75) is 38.6 Å². The van der Waals surface area contributed by atoms with Crippen molar-refractivity contribution in [1.82, 2.24) is 29.9 Å². The number of rotatable bonds is 5. The predicted molar refractivity (Wildman–Crippen MR) is 110 cm³/mol. The van der Waals surface area contributed by atoms with E-state index in [2.05, 4.69) is 27.1 Å². The van der Waals surface area contributed by atoms with E-state index in [0.29, 0.717) is 35.4 Å². The molecule has 3 aromatic rings. The topological polar surface area (TPSA) is 76.8 Å². The molecule has 9 heteroatoms. The molecule has 0 radical (unpaired) electrons. The van der Waals surface area contributed by atoms with Gasteiger partial charge in [-0.25, -0.2) is 14.4 Å². The monoisotopic (exact) mass is 428 g/mol. The van der Waals surface area contributed by atoms with Crippen molar-refractivity contribution >= 4 is 17.5 Å². The van der Waals surface area contributed by atoms with E-state index in [1.807, 2.05) is 4.90 Å². The van der Waals surface area contributed by atoms with Crippen LogP contribution in [0.5, 0.6) is 0 Å². The fraction of sp³-hybridized carbons (Fsp3) is 0.381. The molecule has 1 aromatic carbocycles. The Labute approximate surface area is 178 Å². The van der Waals surface area contributed by atoms with E-state index >= 15 is 0 Å². The Morgan fingerprint density at radius 1 is 1.23 bits per heavy atom. The molecular weight excluding hydrogens is 407 g/mol. The molecule has 0 bridgehead atoms. The van der Waals surface area contributed by atoms with Gasteiger partial charge in [0.25, 0.3) is 5.91 Å². The molecule has 30 heavy (non-hydrogen) atoms. The van der Waals surface area contributed by atoms with Crippen molar-refractivity contribution in [3.63, 3.8) is 0 Å². The van der Waals surface area contributed by atoms with Gasteiger partial charge in [0.2, 0.25) is 0 Å². The summed E-state index contributed by atoms with van der Waals surface area (Å²) in [6, 6.07) is 4.11. The van der Waals surface area contributed by atoms with Crippen LogP contribution < -0.4 is 0 Å². The Balaban J connectivity index is 1.60. The molecule has 1 fully saturated rings. The highest BCUT2D eigenvalue weighted by atomic mass is 35.5. The van der Waals surface area contributed by atoms with Crippen molar-refractivity contribution in [3.05, 3.63) is 65.2 Å². The molecule has 0 spiro atoms. The van der Waals surface area contributed by atoms with Crippen LogP contribution in [-0.2, 0) is 6.42 Å². The first-order valence-electron chi connectivity index (χ1n) is 9.96. The number of benzene rings is 1. The number of piperidine rings is 1. The second-order valence-corrected chi connectivity index (χ2v) is 7.96. The summed E-state index contributed by atoms with van der Waals surface area (Å²) in [7, 11) is 0. The Hall–Kier alpha value is -2.87. The lowest BCUT2D eigenvalue weighted by molar-refractivity contribution is 0.0497. The maximum Gasteiger partial charge on any atom is 0.256 e. The van der Waals surface area contributed by atoms with Crippen LogP contribution in [-0.4, -0.2) is 48.4 Å². The number of hydrogen-bond acceptors (Lipinski definition) is 5. The molecule has 1 aliphatic rings. The summed E-state index contributed by atoms with van der Waals surface area (Å²) in [6.07, 6.45) is 9.50. The normalized spacial score (nSPS) is 19.1. The standard InChI is InChI=1S/C21H22ClFN6O/c1-14-3-2-10-28(18(14)6-7-20-24-12-15(22)13-25-20)21(30)17-11-16(23)4-5-19(17)29-26-8-9-27-29/h4-5,8-9,11-14,18H,2-3,6-7,10H2,1H3/t14-,18-/m1/s1. The van der Waals surface area contributed by atoms with Crippen LogP contribution in [0.25, 0.3) is 5.69 Å². The van der Waals surface area contributed by atoms with Crippen LogP contribution in [0, 0.1) is 11.7 Å². The van der Waals surface area contributed by atoms with Gasteiger partial charge in [0.1, 0.15) is 11.6 Å². The minimum Gasteiger partial charge on any atom is -0.335 e. The molecule has 0 aliphatic carbocycles. The fourth-order valence-corrected chi connectivity index (χ4v) is 4.13. The van der Waals surface area contributed by atoms with E-state index in [4.69, 9.17) is 11.6 Å². The van der Waals surface area contributed by atoms with E-state index in [9.17, 15) is 9.18 Å². The number of aryl methyl sites for hydroxylation is 1. The molecule has 156 valence electrons. The van der Waals surface area contributed by atoms with Crippen LogP contribution in [0.1, 0.15) is 42.4 Å². The van der Waals surface area contributed by atoms with Crippen molar-refractivity contribution in [2.24, 2.45) is 5.92 Å². The zero-order valence-corrected chi connectivity index (χ0v) is 17.3. The summed E-state index contributed by atoms with van der Waals surface area (Å²) in [4.78, 5) is 25.2. The second-order valence-electron chi connectivity index (χ2n) is 7.52. The molecule has 0 N–H and O–H groups in total. The number of hydrogen-bond donors (Lipinski definition) is 0. The van der Waals surface area contributed by atoms with Crippen LogP contribution >= 0.6 is 11.6 Å². The summed E-state index contributed by atoms with van der Waals surface area (Å²) < 4.78 is 14.0. The van der Waals surface area contributed by atoms with E-state index < -0.39 is 5.82 Å². The SMILES string of the molecule is C[C@@H]1CCCN(C(=O)c2cc(F)ccc2-n2nccn2)[C@@H]1CCc1ncc(Cl)cn1. The molecule has 1 aliphatic heterocycles. The number of carbonyl (C=O) groups is 1. The summed E-state index contributed by atoms with van der Waals surface area (Å²) >= 11 is 5.87. The van der Waals surface area contributed by atoms with Gasteiger partial charge in [0.05, 0.1) is 28.7 Å². The van der Waals surface area contributed by atoms with E-state index in [1.54, 1.807) is 12.4 Å². The van der Waals surface area contributed by atoms with Crippen LogP contribution in [0.15, 0.2) is 43.0 Å². The van der Waals surface area contributed by atoms with Gasteiger partial charge in [-0.3, -0.25) is 4.79 Å². The van der Waals surface area contributed by atoms with Gasteiger partial charge in [0.15, 0.2) is 0 Å². The first-order chi connectivity index (χ1) is 14.5. The predicted octanol–water partition coefficient (Wildman–Crippen LogP) is 3.72. The maximum absolute atomic E-state index is 14.0. The summed E-state index contributed by atoms with van der Waals surface area (Å²) in [6.45, 7) is 2.77. The average molecular weight is 429 g/mol. The van der Waals surface area contributed by atoms with Gasteiger partial charge in [0, 0.05) is 31.4 Å². The van der Waals surface area contributed by atoms with Crippen LogP contribution in [0.3, 0.4) is 0 Å². The third-order valence-electron chi connectivity index (χ3n) is 5.54. The lowest BCUT2D eigenvalue weighted by Gasteiger charge is -2.40. The van der Waals surface area contributed by atoms with E-state index in [1.165, 1.54) is 35.4 Å². The van der Waals surface area contributed by atoms with Crippen LogP contribution in [0.2, 0.25) is 5.02 Å². The third kappa shape index (κ3) is 4.33. The van der Waals surface area contributed by atoms with Gasteiger partial charge in [-0.15, -0.1) is 0 Å². The van der Waals surface area contributed by atoms with E-state index in [0.717, 1.165) is 19.3 Å². The number of carbonyl (C=O) groups excluding carboxylic acids is 1. The molecule has 4 rings (SSSR count). The number of aromatic nitrogens is 5. The van der Waals surface area contributed by atoms with Crippen molar-refractivity contribution < 1.29 is 9.18 Å². The van der Waals surface area contributed by atoms with Crippen molar-refractivity contribution in [2.75, 3.05) is 6.54 Å². The number of likely N-dealkylation sites (tertiary alicyclic amines) is 1. The lowest BCUT2D eigenvalue weighted by atomic mass is 9.87. The zero-order valence-electron chi connectivity index (χ0n) is 16.6. The summed E-state index contributed by atoms with van der Waals surface area (Å²) in [5.41, 5.74) is 0.720. The zero-order chi connectivity index (χ0) is 21.1. The smallest absolute Gasteiger partial charge is 0.256 e. The van der Waals surface area contributed by atoms with E-state index in [-0.39, 0.29) is 17.5 Å². The number of amides is 1. The highest BCUT2D eigenvalue weighted by Crippen LogP contribution is 2.29. The molecular formula is C21H22ClFN6O. The summed E-state index contributed by atoms with van der Waals surface area (Å²) in [5.74, 6) is 0.326. The molecule has 0 saturated carbocycles. The third-order valence-corrected chi connectivity index (χ3v) is 5.73. The summed E-state index contributed by atoms with van der Waals surface area (Å²) in [5, 5.41) is 8.71. The van der Waals surface area contributed by atoms with Gasteiger partial charge in [-0.2, -0.15) is 15.0 Å². The molecule has 2 atom stereocenters.